The Morgan fingerprint density at radius 2 is 2.10 bits per heavy atom. The SMILES string of the molecule is CC(C)C(CC=O)C(=O)O.ON=Cc1cccc(Cl)c1. The van der Waals surface area contributed by atoms with Gasteiger partial charge in [-0.05, 0) is 23.6 Å². The zero-order valence-corrected chi connectivity index (χ0v) is 12.1. The molecule has 0 aliphatic carbocycles. The van der Waals surface area contributed by atoms with Crippen LogP contribution < -0.4 is 0 Å². The number of oxime groups is 1. The summed E-state index contributed by atoms with van der Waals surface area (Å²) in [6.45, 7) is 3.59. The topological polar surface area (TPSA) is 87.0 Å². The summed E-state index contributed by atoms with van der Waals surface area (Å²) in [5.41, 5.74) is 0.787. The highest BCUT2D eigenvalue weighted by Crippen LogP contribution is 2.13. The second-order valence-corrected chi connectivity index (χ2v) is 4.83. The van der Waals surface area contributed by atoms with E-state index < -0.39 is 11.9 Å². The molecule has 6 heteroatoms. The van der Waals surface area contributed by atoms with Crippen LogP contribution in [0.5, 0.6) is 0 Å². The largest absolute Gasteiger partial charge is 0.481 e. The van der Waals surface area contributed by atoms with Crippen LogP contribution in [0.4, 0.5) is 0 Å². The van der Waals surface area contributed by atoms with Gasteiger partial charge in [0.2, 0.25) is 0 Å². The van der Waals surface area contributed by atoms with Crippen molar-refractivity contribution in [3.63, 3.8) is 0 Å². The van der Waals surface area contributed by atoms with Crippen LogP contribution >= 0.6 is 11.6 Å². The quantitative estimate of drug-likeness (QED) is 0.378. The van der Waals surface area contributed by atoms with Gasteiger partial charge in [-0.1, -0.05) is 42.7 Å². The molecule has 0 saturated carbocycles. The van der Waals surface area contributed by atoms with Gasteiger partial charge in [0.15, 0.2) is 0 Å². The minimum absolute atomic E-state index is 0.0303. The van der Waals surface area contributed by atoms with Crippen molar-refractivity contribution in [2.24, 2.45) is 17.0 Å². The lowest BCUT2D eigenvalue weighted by Crippen LogP contribution is -2.19. The molecule has 0 aromatic heterocycles. The number of hydrogen-bond donors (Lipinski definition) is 2. The molecule has 0 heterocycles. The van der Waals surface area contributed by atoms with E-state index in [1.165, 1.54) is 6.21 Å². The molecule has 110 valence electrons. The van der Waals surface area contributed by atoms with Crippen molar-refractivity contribution in [3.8, 4) is 0 Å². The summed E-state index contributed by atoms with van der Waals surface area (Å²) in [4.78, 5) is 20.3. The Morgan fingerprint density at radius 1 is 1.45 bits per heavy atom. The molecular formula is C14H18ClNO4. The lowest BCUT2D eigenvalue weighted by molar-refractivity contribution is -0.144. The number of aldehydes is 1. The van der Waals surface area contributed by atoms with Gasteiger partial charge in [0.1, 0.15) is 6.29 Å². The highest BCUT2D eigenvalue weighted by atomic mass is 35.5. The van der Waals surface area contributed by atoms with Gasteiger partial charge in [-0.25, -0.2) is 0 Å². The maximum Gasteiger partial charge on any atom is 0.307 e. The number of carbonyl (C=O) groups excluding carboxylic acids is 1. The standard InChI is InChI=1S/C7H6ClNO.C7H12O3/c8-7-3-1-2-6(4-7)5-9-10;1-5(2)6(3-4-8)7(9)10/h1-5,10H;4-6H,3H2,1-2H3,(H,9,10). The normalized spacial score (nSPS) is 11.8. The molecule has 0 fully saturated rings. The first-order chi connectivity index (χ1) is 9.42. The van der Waals surface area contributed by atoms with E-state index in [1.54, 1.807) is 38.1 Å². The lowest BCUT2D eigenvalue weighted by Gasteiger charge is -2.11. The van der Waals surface area contributed by atoms with Gasteiger partial charge in [0.25, 0.3) is 0 Å². The van der Waals surface area contributed by atoms with Crippen molar-refractivity contribution in [1.29, 1.82) is 0 Å². The highest BCUT2D eigenvalue weighted by Gasteiger charge is 2.20. The van der Waals surface area contributed by atoms with Crippen LogP contribution in [0, 0.1) is 11.8 Å². The molecule has 1 aromatic carbocycles. The highest BCUT2D eigenvalue weighted by molar-refractivity contribution is 6.30. The molecule has 0 spiro atoms. The molecule has 0 bridgehead atoms. The van der Waals surface area contributed by atoms with Crippen LogP contribution in [0.25, 0.3) is 0 Å². The first-order valence-electron chi connectivity index (χ1n) is 6.01. The van der Waals surface area contributed by atoms with Crippen LogP contribution in [0.3, 0.4) is 0 Å². The molecule has 0 radical (unpaired) electrons. The molecule has 0 aliphatic heterocycles. The molecule has 1 rings (SSSR count). The third-order valence-electron chi connectivity index (χ3n) is 2.53. The van der Waals surface area contributed by atoms with Crippen LogP contribution in [0.2, 0.25) is 5.02 Å². The monoisotopic (exact) mass is 299 g/mol. The van der Waals surface area contributed by atoms with E-state index >= 15 is 0 Å². The fraction of sp³-hybridized carbons (Fsp3) is 0.357. The maximum absolute atomic E-state index is 10.4. The van der Waals surface area contributed by atoms with Gasteiger partial charge in [-0.2, -0.15) is 0 Å². The third-order valence-corrected chi connectivity index (χ3v) is 2.76. The minimum Gasteiger partial charge on any atom is -0.481 e. The summed E-state index contributed by atoms with van der Waals surface area (Å²) in [7, 11) is 0. The van der Waals surface area contributed by atoms with E-state index in [4.69, 9.17) is 21.9 Å². The summed E-state index contributed by atoms with van der Waals surface area (Å²) < 4.78 is 0. The summed E-state index contributed by atoms with van der Waals surface area (Å²) >= 11 is 5.64. The number of carboxylic acid groups (broad SMARTS) is 1. The van der Waals surface area contributed by atoms with Crippen molar-refractivity contribution < 1.29 is 19.9 Å². The predicted molar refractivity (Wildman–Crippen MR) is 77.5 cm³/mol. The van der Waals surface area contributed by atoms with E-state index in [9.17, 15) is 9.59 Å². The van der Waals surface area contributed by atoms with Crippen molar-refractivity contribution in [1.82, 2.24) is 0 Å². The Kier molecular flexibility index (Phi) is 9.04. The van der Waals surface area contributed by atoms with E-state index in [0.717, 1.165) is 5.56 Å². The number of benzene rings is 1. The molecule has 20 heavy (non-hydrogen) atoms. The van der Waals surface area contributed by atoms with Gasteiger partial charge < -0.3 is 15.1 Å². The number of carbonyl (C=O) groups is 2. The zero-order valence-electron chi connectivity index (χ0n) is 11.4. The Bertz CT molecular complexity index is 460. The minimum atomic E-state index is -0.887. The summed E-state index contributed by atoms with van der Waals surface area (Å²) in [6, 6.07) is 7.06. The average Bonchev–Trinajstić information content (AvgIpc) is 2.36. The average molecular weight is 300 g/mol. The fourth-order valence-electron chi connectivity index (χ4n) is 1.42. The molecule has 1 aromatic rings. The van der Waals surface area contributed by atoms with Crippen molar-refractivity contribution >= 4 is 30.1 Å². The fourth-order valence-corrected chi connectivity index (χ4v) is 1.61. The van der Waals surface area contributed by atoms with Gasteiger partial charge in [-0.15, -0.1) is 0 Å². The van der Waals surface area contributed by atoms with Gasteiger partial charge in [-0.3, -0.25) is 4.79 Å². The second-order valence-electron chi connectivity index (χ2n) is 4.39. The summed E-state index contributed by atoms with van der Waals surface area (Å²) in [5.74, 6) is -1.37. The molecule has 1 atom stereocenters. The molecular weight excluding hydrogens is 282 g/mol. The van der Waals surface area contributed by atoms with Crippen molar-refractivity contribution in [3.05, 3.63) is 34.9 Å². The zero-order chi connectivity index (χ0) is 15.5. The van der Waals surface area contributed by atoms with Crippen LogP contribution in [0.15, 0.2) is 29.4 Å². The Balaban J connectivity index is 0.000000361. The Labute approximate surface area is 122 Å². The smallest absolute Gasteiger partial charge is 0.307 e. The molecule has 2 N–H and O–H groups in total. The summed E-state index contributed by atoms with van der Waals surface area (Å²) in [5, 5.41) is 20.2. The van der Waals surface area contributed by atoms with Crippen molar-refractivity contribution in [2.75, 3.05) is 0 Å². The summed E-state index contributed by atoms with van der Waals surface area (Å²) in [6.07, 6.45) is 2.09. The van der Waals surface area contributed by atoms with Gasteiger partial charge in [0, 0.05) is 11.4 Å². The van der Waals surface area contributed by atoms with Crippen LogP contribution in [0.1, 0.15) is 25.8 Å². The lowest BCUT2D eigenvalue weighted by atomic mass is 9.93. The number of nitrogens with zero attached hydrogens (tertiary/aromatic N) is 1. The number of carboxylic acids is 1. The molecule has 1 unspecified atom stereocenters. The second kappa shape index (κ2) is 9.97. The molecule has 0 aliphatic rings. The van der Waals surface area contributed by atoms with E-state index in [-0.39, 0.29) is 12.3 Å². The van der Waals surface area contributed by atoms with E-state index in [1.807, 2.05) is 0 Å². The Hall–Kier alpha value is -1.88. The van der Waals surface area contributed by atoms with Crippen LogP contribution in [-0.4, -0.2) is 28.8 Å². The first-order valence-corrected chi connectivity index (χ1v) is 6.39. The van der Waals surface area contributed by atoms with E-state index in [2.05, 4.69) is 5.16 Å². The maximum atomic E-state index is 10.4. The number of hydrogen-bond acceptors (Lipinski definition) is 4. The first kappa shape index (κ1) is 18.1. The molecule has 0 amide bonds. The van der Waals surface area contributed by atoms with E-state index in [0.29, 0.717) is 11.3 Å². The number of halogens is 1. The van der Waals surface area contributed by atoms with Gasteiger partial charge in [0.05, 0.1) is 12.1 Å². The Morgan fingerprint density at radius 3 is 2.45 bits per heavy atom. The van der Waals surface area contributed by atoms with Gasteiger partial charge >= 0.3 is 5.97 Å². The van der Waals surface area contributed by atoms with Crippen molar-refractivity contribution in [2.45, 2.75) is 20.3 Å². The molecule has 5 nitrogen and oxygen atoms in total. The number of rotatable bonds is 5. The predicted octanol–water partition coefficient (Wildman–Crippen LogP) is 3.08. The number of aliphatic carboxylic acids is 1. The third kappa shape index (κ3) is 7.53. The van der Waals surface area contributed by atoms with Crippen LogP contribution in [-0.2, 0) is 9.59 Å². The molecule has 0 saturated heterocycles.